The van der Waals surface area contributed by atoms with Gasteiger partial charge < -0.3 is 10.2 Å². The third kappa shape index (κ3) is 4.10. The van der Waals surface area contributed by atoms with Crippen LogP contribution in [-0.4, -0.2) is 25.4 Å². The van der Waals surface area contributed by atoms with Crippen molar-refractivity contribution in [2.45, 2.75) is 19.9 Å². The van der Waals surface area contributed by atoms with Crippen molar-refractivity contribution in [2.75, 3.05) is 23.8 Å². The number of nitrogens with one attached hydrogen (secondary N) is 1. The Morgan fingerprint density at radius 3 is 2.57 bits per heavy atom. The van der Waals surface area contributed by atoms with E-state index in [0.29, 0.717) is 23.4 Å². The highest BCUT2D eigenvalue weighted by Gasteiger charge is 2.11. The summed E-state index contributed by atoms with van der Waals surface area (Å²) in [5, 5.41) is 12.5. The van der Waals surface area contributed by atoms with Gasteiger partial charge in [0.15, 0.2) is 5.78 Å². The Balaban J connectivity index is 2.09. The average molecular weight is 307 g/mol. The van der Waals surface area contributed by atoms with E-state index in [9.17, 15) is 10.1 Å². The van der Waals surface area contributed by atoms with E-state index in [2.05, 4.69) is 35.3 Å². The van der Waals surface area contributed by atoms with E-state index in [1.165, 1.54) is 6.92 Å². The van der Waals surface area contributed by atoms with Gasteiger partial charge >= 0.3 is 0 Å². The van der Waals surface area contributed by atoms with Crippen LogP contribution in [0.1, 0.15) is 29.8 Å². The van der Waals surface area contributed by atoms with Gasteiger partial charge in [0, 0.05) is 30.9 Å². The number of carbonyl (C=O) groups excluding carboxylic acids is 1. The van der Waals surface area contributed by atoms with Crippen LogP contribution in [0.4, 0.5) is 11.4 Å². The molecule has 0 amide bonds. The number of rotatable bonds is 6. The highest BCUT2D eigenvalue weighted by Crippen LogP contribution is 2.19. The Morgan fingerprint density at radius 2 is 1.96 bits per heavy atom. The van der Waals surface area contributed by atoms with Crippen LogP contribution in [0.2, 0.25) is 0 Å². The van der Waals surface area contributed by atoms with Crippen LogP contribution in [-0.2, 0) is 0 Å². The van der Waals surface area contributed by atoms with Gasteiger partial charge in [0.05, 0.1) is 11.3 Å². The van der Waals surface area contributed by atoms with E-state index in [-0.39, 0.29) is 11.8 Å². The number of nitriles is 1. The standard InChI is InChI=1S/C19H21N3O/c1-14(22(3)18-7-5-4-6-8-18)13-21-19-11-16(15(2)23)9-10-17(19)12-20/h4-11,14,21H,13H2,1-3H3. The number of Topliss-reactive ketones (excluding diaryl/α,β-unsaturated/α-hetero) is 1. The van der Waals surface area contributed by atoms with Crippen molar-refractivity contribution < 1.29 is 4.79 Å². The highest BCUT2D eigenvalue weighted by atomic mass is 16.1. The molecule has 0 fully saturated rings. The lowest BCUT2D eigenvalue weighted by Crippen LogP contribution is -2.34. The number of nitrogens with zero attached hydrogens (tertiary/aromatic N) is 2. The second kappa shape index (κ2) is 7.46. The SMILES string of the molecule is CC(=O)c1ccc(C#N)c(NCC(C)N(C)c2ccccc2)c1. The second-order valence-electron chi connectivity index (χ2n) is 5.60. The van der Waals surface area contributed by atoms with Gasteiger partial charge in [-0.15, -0.1) is 0 Å². The Kier molecular flexibility index (Phi) is 5.37. The highest BCUT2D eigenvalue weighted by molar-refractivity contribution is 5.95. The zero-order chi connectivity index (χ0) is 16.8. The van der Waals surface area contributed by atoms with Gasteiger partial charge in [-0.05, 0) is 44.2 Å². The summed E-state index contributed by atoms with van der Waals surface area (Å²) < 4.78 is 0. The first-order valence-electron chi connectivity index (χ1n) is 7.59. The van der Waals surface area contributed by atoms with Crippen LogP contribution in [0.15, 0.2) is 48.5 Å². The fourth-order valence-electron chi connectivity index (χ4n) is 2.32. The molecule has 1 N–H and O–H groups in total. The zero-order valence-electron chi connectivity index (χ0n) is 13.7. The van der Waals surface area contributed by atoms with Gasteiger partial charge in [0.1, 0.15) is 6.07 Å². The normalized spacial score (nSPS) is 11.4. The van der Waals surface area contributed by atoms with Gasteiger partial charge in [-0.1, -0.05) is 18.2 Å². The molecule has 0 aromatic heterocycles. The maximum atomic E-state index is 11.5. The van der Waals surface area contributed by atoms with Crippen molar-refractivity contribution in [2.24, 2.45) is 0 Å². The minimum Gasteiger partial charge on any atom is -0.382 e. The number of para-hydroxylation sites is 1. The minimum atomic E-state index is -0.00741. The predicted molar refractivity (Wildman–Crippen MR) is 94.0 cm³/mol. The van der Waals surface area contributed by atoms with Crippen molar-refractivity contribution in [3.63, 3.8) is 0 Å². The molecule has 0 saturated carbocycles. The lowest BCUT2D eigenvalue weighted by Gasteiger charge is -2.27. The molecule has 0 bridgehead atoms. The molecule has 23 heavy (non-hydrogen) atoms. The molecule has 0 spiro atoms. The number of hydrogen-bond acceptors (Lipinski definition) is 4. The second-order valence-corrected chi connectivity index (χ2v) is 5.60. The van der Waals surface area contributed by atoms with E-state index in [4.69, 9.17) is 0 Å². The maximum absolute atomic E-state index is 11.5. The molecular weight excluding hydrogens is 286 g/mol. The summed E-state index contributed by atoms with van der Waals surface area (Å²) in [6.45, 7) is 4.30. The number of ketones is 1. The summed E-state index contributed by atoms with van der Waals surface area (Å²) in [4.78, 5) is 13.7. The molecule has 0 aliphatic heterocycles. The Labute approximate surface area is 137 Å². The number of hydrogen-bond donors (Lipinski definition) is 1. The Morgan fingerprint density at radius 1 is 1.26 bits per heavy atom. The van der Waals surface area contributed by atoms with Crippen molar-refractivity contribution in [3.8, 4) is 6.07 Å². The summed E-state index contributed by atoms with van der Waals surface area (Å²) in [7, 11) is 2.04. The van der Waals surface area contributed by atoms with Crippen molar-refractivity contribution >= 4 is 17.2 Å². The number of carbonyl (C=O) groups is 1. The van der Waals surface area contributed by atoms with Crippen LogP contribution >= 0.6 is 0 Å². The van der Waals surface area contributed by atoms with Gasteiger partial charge in [0.2, 0.25) is 0 Å². The maximum Gasteiger partial charge on any atom is 0.159 e. The lowest BCUT2D eigenvalue weighted by atomic mass is 10.1. The van der Waals surface area contributed by atoms with E-state index < -0.39 is 0 Å². The first-order valence-corrected chi connectivity index (χ1v) is 7.59. The first-order chi connectivity index (χ1) is 11.0. The first kappa shape index (κ1) is 16.6. The summed E-state index contributed by atoms with van der Waals surface area (Å²) >= 11 is 0. The molecule has 0 heterocycles. The van der Waals surface area contributed by atoms with Gasteiger partial charge in [0.25, 0.3) is 0 Å². The molecule has 118 valence electrons. The van der Waals surface area contributed by atoms with E-state index in [1.54, 1.807) is 18.2 Å². The summed E-state index contributed by atoms with van der Waals surface area (Å²) in [5.74, 6) is -0.00741. The summed E-state index contributed by atoms with van der Waals surface area (Å²) in [6, 6.07) is 17.6. The molecular formula is C19H21N3O. The van der Waals surface area contributed by atoms with E-state index in [1.807, 2.05) is 25.2 Å². The topological polar surface area (TPSA) is 56.1 Å². The number of benzene rings is 2. The predicted octanol–water partition coefficient (Wildman–Crippen LogP) is 3.70. The molecule has 4 heteroatoms. The van der Waals surface area contributed by atoms with Crippen molar-refractivity contribution in [1.29, 1.82) is 5.26 Å². The third-order valence-corrected chi connectivity index (χ3v) is 3.96. The fraction of sp³-hybridized carbons (Fsp3) is 0.263. The van der Waals surface area contributed by atoms with Crippen molar-refractivity contribution in [1.82, 2.24) is 0 Å². The van der Waals surface area contributed by atoms with E-state index in [0.717, 1.165) is 5.69 Å². The molecule has 0 aliphatic carbocycles. The molecule has 1 unspecified atom stereocenters. The molecule has 2 aromatic rings. The van der Waals surface area contributed by atoms with Gasteiger partial charge in [-0.25, -0.2) is 0 Å². The molecule has 4 nitrogen and oxygen atoms in total. The Hall–Kier alpha value is -2.80. The lowest BCUT2D eigenvalue weighted by molar-refractivity contribution is 0.101. The van der Waals surface area contributed by atoms with Gasteiger partial charge in [-0.2, -0.15) is 5.26 Å². The fourth-order valence-corrected chi connectivity index (χ4v) is 2.32. The zero-order valence-corrected chi connectivity index (χ0v) is 13.7. The quantitative estimate of drug-likeness (QED) is 0.827. The van der Waals surface area contributed by atoms with Crippen LogP contribution < -0.4 is 10.2 Å². The molecule has 0 aliphatic rings. The van der Waals surface area contributed by atoms with E-state index >= 15 is 0 Å². The number of likely N-dealkylation sites (N-methyl/N-ethyl adjacent to an activating group) is 1. The van der Waals surface area contributed by atoms with Crippen LogP contribution in [0.25, 0.3) is 0 Å². The van der Waals surface area contributed by atoms with Crippen molar-refractivity contribution in [3.05, 3.63) is 59.7 Å². The van der Waals surface area contributed by atoms with Gasteiger partial charge in [-0.3, -0.25) is 4.79 Å². The van der Waals surface area contributed by atoms with Crippen LogP contribution in [0.3, 0.4) is 0 Å². The minimum absolute atomic E-state index is 0.00741. The monoisotopic (exact) mass is 307 g/mol. The summed E-state index contributed by atoms with van der Waals surface area (Å²) in [5.41, 5.74) is 2.99. The Bertz CT molecular complexity index is 719. The average Bonchev–Trinajstić information content (AvgIpc) is 2.59. The van der Waals surface area contributed by atoms with Crippen LogP contribution in [0.5, 0.6) is 0 Å². The molecule has 0 saturated heterocycles. The third-order valence-electron chi connectivity index (χ3n) is 3.96. The smallest absolute Gasteiger partial charge is 0.159 e. The molecule has 2 aromatic carbocycles. The molecule has 0 radical (unpaired) electrons. The van der Waals surface area contributed by atoms with Crippen LogP contribution in [0, 0.1) is 11.3 Å². The molecule has 2 rings (SSSR count). The molecule has 1 atom stereocenters. The number of anilines is 2. The largest absolute Gasteiger partial charge is 0.382 e. The summed E-state index contributed by atoms with van der Waals surface area (Å²) in [6.07, 6.45) is 0.